The molecule has 0 spiro atoms. The maximum absolute atomic E-state index is 12.7. The van der Waals surface area contributed by atoms with E-state index in [1.807, 2.05) is 48.5 Å². The van der Waals surface area contributed by atoms with Crippen LogP contribution in [0.4, 0.5) is 0 Å². The molecule has 0 aromatic heterocycles. The molecule has 0 saturated carbocycles. The second-order valence-electron chi connectivity index (χ2n) is 8.42. The topological polar surface area (TPSA) is 26.3 Å². The van der Waals surface area contributed by atoms with Gasteiger partial charge >= 0.3 is 5.97 Å². The largest absolute Gasteiger partial charge is 0.422 e. The predicted molar refractivity (Wildman–Crippen MR) is 105 cm³/mol. The first kappa shape index (κ1) is 19.0. The van der Waals surface area contributed by atoms with E-state index >= 15 is 0 Å². The third kappa shape index (κ3) is 4.39. The van der Waals surface area contributed by atoms with Crippen LogP contribution in [0.1, 0.15) is 58.2 Å². The minimum atomic E-state index is -0.409. The van der Waals surface area contributed by atoms with Gasteiger partial charge in [0.25, 0.3) is 0 Å². The highest BCUT2D eigenvalue weighted by atomic mass is 16.5. The third-order valence-corrected chi connectivity index (χ3v) is 4.19. The summed E-state index contributed by atoms with van der Waals surface area (Å²) in [6.07, 6.45) is 0. The highest BCUT2D eigenvalue weighted by molar-refractivity contribution is 6.16. The second kappa shape index (κ2) is 6.87. The van der Waals surface area contributed by atoms with E-state index < -0.39 is 5.97 Å². The van der Waals surface area contributed by atoms with Gasteiger partial charge in [-0.25, -0.2) is 4.79 Å². The standard InChI is InChI=1S/C23H28O2/c1-16(17-12-9-8-10-13-17)21(24)25-20-18(22(2,3)4)14-11-15-19(20)23(5,6)7/h8-15H,1H2,2-7H3. The lowest BCUT2D eigenvalue weighted by molar-refractivity contribution is -0.128. The van der Waals surface area contributed by atoms with E-state index in [9.17, 15) is 4.79 Å². The first-order chi connectivity index (χ1) is 11.5. The summed E-state index contributed by atoms with van der Waals surface area (Å²) in [4.78, 5) is 12.7. The van der Waals surface area contributed by atoms with Crippen LogP contribution in [0.15, 0.2) is 55.1 Å². The molecule has 0 N–H and O–H groups in total. The molecule has 0 saturated heterocycles. The van der Waals surface area contributed by atoms with Gasteiger partial charge in [-0.1, -0.05) is 96.7 Å². The Hall–Kier alpha value is -2.35. The van der Waals surface area contributed by atoms with Crippen LogP contribution in [0.3, 0.4) is 0 Å². The van der Waals surface area contributed by atoms with Crippen molar-refractivity contribution < 1.29 is 9.53 Å². The van der Waals surface area contributed by atoms with Crippen molar-refractivity contribution in [2.24, 2.45) is 0 Å². The van der Waals surface area contributed by atoms with Gasteiger partial charge in [0.15, 0.2) is 0 Å². The summed E-state index contributed by atoms with van der Waals surface area (Å²) in [6.45, 7) is 16.7. The van der Waals surface area contributed by atoms with E-state index in [4.69, 9.17) is 4.74 Å². The van der Waals surface area contributed by atoms with Crippen LogP contribution in [0.5, 0.6) is 5.75 Å². The van der Waals surface area contributed by atoms with Crippen LogP contribution >= 0.6 is 0 Å². The number of hydrogen-bond acceptors (Lipinski definition) is 2. The Morgan fingerprint density at radius 3 is 1.72 bits per heavy atom. The number of rotatable bonds is 3. The molecule has 0 aliphatic heterocycles. The minimum Gasteiger partial charge on any atom is -0.422 e. The fourth-order valence-electron chi connectivity index (χ4n) is 2.74. The fraction of sp³-hybridized carbons (Fsp3) is 0.348. The molecule has 132 valence electrons. The molecule has 0 radical (unpaired) electrons. The number of benzene rings is 2. The molecular formula is C23H28O2. The molecule has 2 aromatic rings. The van der Waals surface area contributed by atoms with Crippen molar-refractivity contribution in [3.05, 3.63) is 71.8 Å². The molecule has 0 amide bonds. The van der Waals surface area contributed by atoms with Gasteiger partial charge in [0.05, 0.1) is 5.57 Å². The highest BCUT2D eigenvalue weighted by Gasteiger charge is 2.28. The van der Waals surface area contributed by atoms with Gasteiger partial charge in [0.1, 0.15) is 5.75 Å². The van der Waals surface area contributed by atoms with Crippen molar-refractivity contribution in [2.45, 2.75) is 52.4 Å². The number of esters is 1. The lowest BCUT2D eigenvalue weighted by Gasteiger charge is -2.29. The van der Waals surface area contributed by atoms with Crippen LogP contribution in [0.2, 0.25) is 0 Å². The molecule has 0 fully saturated rings. The molecule has 0 heterocycles. The van der Waals surface area contributed by atoms with Crippen molar-refractivity contribution in [1.29, 1.82) is 0 Å². The van der Waals surface area contributed by atoms with Crippen LogP contribution in [-0.4, -0.2) is 5.97 Å². The first-order valence-electron chi connectivity index (χ1n) is 8.62. The Bertz CT molecular complexity index is 740. The van der Waals surface area contributed by atoms with Crippen molar-refractivity contribution >= 4 is 11.5 Å². The van der Waals surface area contributed by atoms with Crippen molar-refractivity contribution in [3.8, 4) is 5.75 Å². The van der Waals surface area contributed by atoms with Gasteiger partial charge < -0.3 is 4.74 Å². The van der Waals surface area contributed by atoms with Gasteiger partial charge in [0.2, 0.25) is 0 Å². The number of carbonyl (C=O) groups excluding carboxylic acids is 1. The molecule has 0 unspecified atom stereocenters. The molecule has 2 heteroatoms. The highest BCUT2D eigenvalue weighted by Crippen LogP contribution is 2.40. The summed E-state index contributed by atoms with van der Waals surface area (Å²) in [6, 6.07) is 15.5. The summed E-state index contributed by atoms with van der Waals surface area (Å²) in [5, 5.41) is 0. The zero-order valence-electron chi connectivity index (χ0n) is 16.1. The lowest BCUT2D eigenvalue weighted by atomic mass is 9.79. The van der Waals surface area contributed by atoms with Gasteiger partial charge in [-0.2, -0.15) is 0 Å². The third-order valence-electron chi connectivity index (χ3n) is 4.19. The number of para-hydroxylation sites is 1. The van der Waals surface area contributed by atoms with E-state index in [1.54, 1.807) is 0 Å². The number of ether oxygens (including phenoxy) is 1. The maximum atomic E-state index is 12.7. The monoisotopic (exact) mass is 336 g/mol. The predicted octanol–water partition coefficient (Wildman–Crippen LogP) is 5.90. The van der Waals surface area contributed by atoms with Crippen LogP contribution in [0, 0.1) is 0 Å². The Labute approximate surface area is 151 Å². The molecule has 0 atom stereocenters. The molecule has 0 aliphatic carbocycles. The minimum absolute atomic E-state index is 0.134. The fourth-order valence-corrected chi connectivity index (χ4v) is 2.74. The van der Waals surface area contributed by atoms with Gasteiger partial charge in [-0.05, 0) is 16.4 Å². The quantitative estimate of drug-likeness (QED) is 0.396. The molecular weight excluding hydrogens is 308 g/mol. The summed E-state index contributed by atoms with van der Waals surface area (Å²) < 4.78 is 5.91. The number of hydrogen-bond donors (Lipinski definition) is 0. The summed E-state index contributed by atoms with van der Waals surface area (Å²) in [5.41, 5.74) is 2.92. The van der Waals surface area contributed by atoms with E-state index in [1.165, 1.54) is 0 Å². The zero-order valence-corrected chi connectivity index (χ0v) is 16.1. The SMILES string of the molecule is C=C(C(=O)Oc1c(C(C)(C)C)cccc1C(C)(C)C)c1ccccc1. The van der Waals surface area contributed by atoms with Gasteiger partial charge in [0, 0.05) is 11.1 Å². The first-order valence-corrected chi connectivity index (χ1v) is 8.62. The average Bonchev–Trinajstić information content (AvgIpc) is 2.53. The Morgan fingerprint density at radius 1 is 0.800 bits per heavy atom. The lowest BCUT2D eigenvalue weighted by Crippen LogP contribution is -2.22. The van der Waals surface area contributed by atoms with Crippen molar-refractivity contribution in [3.63, 3.8) is 0 Å². The average molecular weight is 336 g/mol. The summed E-state index contributed by atoms with van der Waals surface area (Å²) in [5.74, 6) is 0.248. The number of carbonyl (C=O) groups is 1. The molecule has 0 bridgehead atoms. The van der Waals surface area contributed by atoms with E-state index in [0.29, 0.717) is 11.3 Å². The molecule has 25 heavy (non-hydrogen) atoms. The Morgan fingerprint density at radius 2 is 1.28 bits per heavy atom. The van der Waals surface area contributed by atoms with E-state index in [2.05, 4.69) is 48.1 Å². The smallest absolute Gasteiger partial charge is 0.343 e. The van der Waals surface area contributed by atoms with Crippen LogP contribution in [-0.2, 0) is 15.6 Å². The van der Waals surface area contributed by atoms with Crippen LogP contribution < -0.4 is 4.74 Å². The van der Waals surface area contributed by atoms with Gasteiger partial charge in [-0.15, -0.1) is 0 Å². The Balaban J connectivity index is 2.47. The van der Waals surface area contributed by atoms with E-state index in [-0.39, 0.29) is 10.8 Å². The Kier molecular flexibility index (Phi) is 5.22. The van der Waals surface area contributed by atoms with E-state index in [0.717, 1.165) is 16.7 Å². The molecule has 0 aliphatic rings. The molecule has 2 aromatic carbocycles. The van der Waals surface area contributed by atoms with Crippen molar-refractivity contribution in [1.82, 2.24) is 0 Å². The normalized spacial score (nSPS) is 11.9. The summed E-state index contributed by atoms with van der Waals surface area (Å²) in [7, 11) is 0. The molecule has 2 rings (SSSR count). The molecule has 2 nitrogen and oxygen atoms in total. The maximum Gasteiger partial charge on any atom is 0.343 e. The van der Waals surface area contributed by atoms with Crippen molar-refractivity contribution in [2.75, 3.05) is 0 Å². The zero-order chi connectivity index (χ0) is 18.8. The van der Waals surface area contributed by atoms with Crippen LogP contribution in [0.25, 0.3) is 5.57 Å². The summed E-state index contributed by atoms with van der Waals surface area (Å²) >= 11 is 0. The van der Waals surface area contributed by atoms with Gasteiger partial charge in [-0.3, -0.25) is 0 Å². The second-order valence-corrected chi connectivity index (χ2v) is 8.42.